The van der Waals surface area contributed by atoms with Crippen LogP contribution in [0.1, 0.15) is 77.6 Å². The predicted octanol–water partition coefficient (Wildman–Crippen LogP) is 4.97. The van der Waals surface area contributed by atoms with E-state index in [0.717, 1.165) is 44.3 Å². The Morgan fingerprint density at radius 3 is 1.88 bits per heavy atom. The maximum Gasteiger partial charge on any atom is 0.123 e. The van der Waals surface area contributed by atoms with Crippen LogP contribution in [0.15, 0.2) is 17.1 Å². The number of allylic oxidation sites excluding steroid dienone is 2. The van der Waals surface area contributed by atoms with Crippen LogP contribution in [0.25, 0.3) is 0 Å². The third kappa shape index (κ3) is 5.77. The molecule has 3 saturated carbocycles. The lowest BCUT2D eigenvalue weighted by Gasteiger charge is -2.30. The number of carbonyl (C=O) groups is 1. The molecule has 0 aromatic heterocycles. The minimum absolute atomic E-state index is 0.137. The first-order chi connectivity index (χ1) is 12.6. The Kier molecular flexibility index (Phi) is 7.48. The highest BCUT2D eigenvalue weighted by Gasteiger charge is 2.27. The van der Waals surface area contributed by atoms with Gasteiger partial charge < -0.3 is 9.90 Å². The second-order valence-corrected chi connectivity index (χ2v) is 9.22. The third-order valence-corrected chi connectivity index (χ3v) is 7.01. The fourth-order valence-electron chi connectivity index (χ4n) is 5.00. The van der Waals surface area contributed by atoms with Gasteiger partial charge in [-0.2, -0.15) is 0 Å². The predicted molar refractivity (Wildman–Crippen MR) is 107 cm³/mol. The number of carbonyl (C=O) groups excluding carboxylic acids is 1. The summed E-state index contributed by atoms with van der Waals surface area (Å²) in [6.45, 7) is 2.28. The van der Waals surface area contributed by atoms with E-state index in [1.807, 2.05) is 0 Å². The van der Waals surface area contributed by atoms with Crippen LogP contribution >= 0.6 is 0 Å². The van der Waals surface area contributed by atoms with Crippen LogP contribution in [-0.2, 0) is 4.79 Å². The summed E-state index contributed by atoms with van der Waals surface area (Å²) in [5, 5.41) is 10.1. The van der Waals surface area contributed by atoms with Crippen LogP contribution in [0.3, 0.4) is 0 Å². The number of hydrogen-bond acceptors (Lipinski definition) is 3. The molecule has 0 amide bonds. The average Bonchev–Trinajstić information content (AvgIpc) is 2.68. The van der Waals surface area contributed by atoms with Crippen molar-refractivity contribution in [2.45, 2.75) is 89.7 Å². The molecule has 3 nitrogen and oxygen atoms in total. The highest BCUT2D eigenvalue weighted by molar-refractivity contribution is 5.61. The molecular formula is C23H37NO2. The molecule has 0 spiro atoms. The van der Waals surface area contributed by atoms with Crippen LogP contribution in [0, 0.1) is 29.6 Å². The Bertz CT molecular complexity index is 484. The number of aldehydes is 1. The standard InChI is InChI=1S/C23H37NO2/c1-17-2-13-23(26)22(14-17)24-15-20-9-5-18(6-10-20)3-4-19-7-11-21(16-25)12-8-19/h3-4,15-23,26H,2,5-14H2,1H3/b4-3+,24-15?. The maximum atomic E-state index is 10.8. The lowest BCUT2D eigenvalue weighted by molar-refractivity contribution is -0.112. The molecule has 3 rings (SSSR count). The second-order valence-electron chi connectivity index (χ2n) is 9.22. The van der Waals surface area contributed by atoms with E-state index in [1.54, 1.807) is 0 Å². The summed E-state index contributed by atoms with van der Waals surface area (Å²) in [7, 11) is 0. The van der Waals surface area contributed by atoms with Gasteiger partial charge in [-0.3, -0.25) is 4.99 Å². The fraction of sp³-hybridized carbons (Fsp3) is 0.826. The normalized spacial score (nSPS) is 42.3. The molecule has 3 atom stereocenters. The second kappa shape index (κ2) is 9.82. The van der Waals surface area contributed by atoms with Crippen molar-refractivity contribution in [2.24, 2.45) is 34.6 Å². The molecule has 0 saturated heterocycles. The number of aliphatic hydroxyl groups excluding tert-OH is 1. The van der Waals surface area contributed by atoms with Crippen LogP contribution < -0.4 is 0 Å². The molecule has 26 heavy (non-hydrogen) atoms. The maximum absolute atomic E-state index is 10.8. The molecule has 0 aromatic carbocycles. The van der Waals surface area contributed by atoms with Crippen molar-refractivity contribution in [2.75, 3.05) is 0 Å². The zero-order valence-electron chi connectivity index (χ0n) is 16.4. The molecule has 0 aliphatic heterocycles. The minimum atomic E-state index is -0.226. The van der Waals surface area contributed by atoms with Gasteiger partial charge >= 0.3 is 0 Å². The Hall–Kier alpha value is -0.960. The van der Waals surface area contributed by atoms with Crippen LogP contribution in [0.4, 0.5) is 0 Å². The van der Waals surface area contributed by atoms with Crippen molar-refractivity contribution >= 4 is 12.5 Å². The Balaban J connectivity index is 1.38. The quantitative estimate of drug-likeness (QED) is 0.428. The van der Waals surface area contributed by atoms with Crippen molar-refractivity contribution in [1.29, 1.82) is 0 Å². The van der Waals surface area contributed by atoms with Crippen LogP contribution in [-0.4, -0.2) is 29.8 Å². The highest BCUT2D eigenvalue weighted by atomic mass is 16.3. The van der Waals surface area contributed by atoms with Gasteiger partial charge in [0.05, 0.1) is 12.1 Å². The van der Waals surface area contributed by atoms with E-state index in [0.29, 0.717) is 23.7 Å². The summed E-state index contributed by atoms with van der Waals surface area (Å²) in [4.78, 5) is 15.6. The number of hydrogen-bond donors (Lipinski definition) is 1. The van der Waals surface area contributed by atoms with Gasteiger partial charge in [0.2, 0.25) is 0 Å². The summed E-state index contributed by atoms with van der Waals surface area (Å²) in [6.07, 6.45) is 20.6. The highest BCUT2D eigenvalue weighted by Crippen LogP contribution is 2.33. The monoisotopic (exact) mass is 359 g/mol. The topological polar surface area (TPSA) is 49.7 Å². The number of aliphatic imine (C=N–C) groups is 1. The SMILES string of the molecule is CC1CCC(O)C(N=CC2CCC(/C=C/C3CCC(C=O)CC3)CC2)C1. The van der Waals surface area contributed by atoms with Gasteiger partial charge in [0, 0.05) is 12.1 Å². The van der Waals surface area contributed by atoms with Crippen molar-refractivity contribution in [1.82, 2.24) is 0 Å². The number of nitrogens with zero attached hydrogens (tertiary/aromatic N) is 1. The lowest BCUT2D eigenvalue weighted by Crippen LogP contribution is -2.32. The van der Waals surface area contributed by atoms with Gasteiger partial charge in [-0.1, -0.05) is 19.1 Å². The van der Waals surface area contributed by atoms with Gasteiger partial charge in [-0.15, -0.1) is 0 Å². The fourth-order valence-corrected chi connectivity index (χ4v) is 5.00. The van der Waals surface area contributed by atoms with Crippen molar-refractivity contribution in [3.8, 4) is 0 Å². The molecule has 3 aliphatic carbocycles. The van der Waals surface area contributed by atoms with Crippen LogP contribution in [0.5, 0.6) is 0 Å². The molecule has 0 heterocycles. The molecule has 0 aromatic rings. The van der Waals surface area contributed by atoms with Gasteiger partial charge in [-0.25, -0.2) is 0 Å². The van der Waals surface area contributed by atoms with Gasteiger partial charge in [-0.05, 0) is 94.3 Å². The molecule has 3 unspecified atom stereocenters. The Morgan fingerprint density at radius 2 is 1.31 bits per heavy atom. The Morgan fingerprint density at radius 1 is 0.769 bits per heavy atom. The molecule has 0 bridgehead atoms. The zero-order valence-corrected chi connectivity index (χ0v) is 16.4. The van der Waals surface area contributed by atoms with E-state index in [1.165, 1.54) is 38.5 Å². The summed E-state index contributed by atoms with van der Waals surface area (Å²) < 4.78 is 0. The number of rotatable bonds is 5. The summed E-state index contributed by atoms with van der Waals surface area (Å²) >= 11 is 0. The van der Waals surface area contributed by atoms with E-state index in [2.05, 4.69) is 25.3 Å². The molecule has 3 fully saturated rings. The first kappa shape index (κ1) is 19.8. The summed E-state index contributed by atoms with van der Waals surface area (Å²) in [5.74, 6) is 3.04. The van der Waals surface area contributed by atoms with E-state index in [-0.39, 0.29) is 12.1 Å². The average molecular weight is 360 g/mol. The first-order valence-corrected chi connectivity index (χ1v) is 11.0. The number of aliphatic hydroxyl groups is 1. The molecular weight excluding hydrogens is 322 g/mol. The molecule has 3 aliphatic rings. The van der Waals surface area contributed by atoms with E-state index in [9.17, 15) is 9.90 Å². The van der Waals surface area contributed by atoms with E-state index < -0.39 is 0 Å². The zero-order chi connectivity index (χ0) is 18.4. The largest absolute Gasteiger partial charge is 0.391 e. The van der Waals surface area contributed by atoms with Crippen molar-refractivity contribution < 1.29 is 9.90 Å². The van der Waals surface area contributed by atoms with E-state index >= 15 is 0 Å². The van der Waals surface area contributed by atoms with E-state index in [4.69, 9.17) is 4.99 Å². The Labute approximate surface area is 159 Å². The summed E-state index contributed by atoms with van der Waals surface area (Å²) in [5.41, 5.74) is 0. The molecule has 0 radical (unpaired) electrons. The third-order valence-electron chi connectivity index (χ3n) is 7.01. The van der Waals surface area contributed by atoms with Crippen molar-refractivity contribution in [3.63, 3.8) is 0 Å². The first-order valence-electron chi connectivity index (χ1n) is 11.0. The van der Waals surface area contributed by atoms with Gasteiger partial charge in [0.1, 0.15) is 6.29 Å². The van der Waals surface area contributed by atoms with Gasteiger partial charge in [0.25, 0.3) is 0 Å². The minimum Gasteiger partial charge on any atom is -0.391 e. The van der Waals surface area contributed by atoms with Crippen LogP contribution in [0.2, 0.25) is 0 Å². The summed E-state index contributed by atoms with van der Waals surface area (Å²) in [6, 6.07) is 0.137. The smallest absolute Gasteiger partial charge is 0.123 e. The van der Waals surface area contributed by atoms with Crippen molar-refractivity contribution in [3.05, 3.63) is 12.2 Å². The van der Waals surface area contributed by atoms with Gasteiger partial charge in [0.15, 0.2) is 0 Å². The lowest BCUT2D eigenvalue weighted by atomic mass is 9.79. The molecule has 1 N–H and O–H groups in total. The molecule has 146 valence electrons. The molecule has 3 heteroatoms.